The molecule has 11 heteroatoms. The highest BCUT2D eigenvalue weighted by Crippen LogP contribution is 2.16. The summed E-state index contributed by atoms with van der Waals surface area (Å²) in [5.41, 5.74) is 0.647. The van der Waals surface area contributed by atoms with E-state index in [4.69, 9.17) is 4.74 Å². The number of benzene rings is 2. The Bertz CT molecular complexity index is 1070. The van der Waals surface area contributed by atoms with Gasteiger partial charge in [-0.15, -0.1) is 0 Å². The van der Waals surface area contributed by atoms with Gasteiger partial charge in [-0.3, -0.25) is 4.79 Å². The lowest BCUT2D eigenvalue weighted by molar-refractivity contribution is -0.120. The predicted octanol–water partition coefficient (Wildman–Crippen LogP) is 1.28. The molecule has 0 fully saturated rings. The van der Waals surface area contributed by atoms with Crippen LogP contribution in [-0.2, 0) is 31.1 Å². The number of sulfone groups is 1. The van der Waals surface area contributed by atoms with E-state index in [0.717, 1.165) is 0 Å². The second-order valence-electron chi connectivity index (χ2n) is 6.61. The van der Waals surface area contributed by atoms with Crippen LogP contribution in [0.3, 0.4) is 0 Å². The smallest absolute Gasteiger partial charge is 0.240 e. The maximum Gasteiger partial charge on any atom is 0.240 e. The summed E-state index contributed by atoms with van der Waals surface area (Å²) in [6, 6.07) is 11.1. The largest absolute Gasteiger partial charge is 0.493 e. The molecule has 170 valence electrons. The van der Waals surface area contributed by atoms with Crippen molar-refractivity contribution < 1.29 is 30.8 Å². The third-order valence-corrected chi connectivity index (χ3v) is 7.40. The Balaban J connectivity index is 1.76. The van der Waals surface area contributed by atoms with E-state index in [9.17, 15) is 26.0 Å². The predicted molar refractivity (Wildman–Crippen MR) is 115 cm³/mol. The van der Waals surface area contributed by atoms with Gasteiger partial charge in [-0.05, 0) is 42.0 Å². The number of amides is 1. The van der Waals surface area contributed by atoms with Gasteiger partial charge >= 0.3 is 0 Å². The van der Waals surface area contributed by atoms with E-state index in [1.165, 1.54) is 48.5 Å². The molecule has 0 saturated carbocycles. The fourth-order valence-electron chi connectivity index (χ4n) is 2.47. The van der Waals surface area contributed by atoms with E-state index < -0.39 is 19.9 Å². The summed E-state index contributed by atoms with van der Waals surface area (Å²) in [5, 5.41) is 2.59. The van der Waals surface area contributed by atoms with E-state index in [-0.39, 0.29) is 54.2 Å². The number of hydrogen-bond donors (Lipinski definition) is 2. The summed E-state index contributed by atoms with van der Waals surface area (Å²) in [6.07, 6.45) is 0.0635. The molecule has 0 atom stereocenters. The average molecular weight is 473 g/mol. The fourth-order valence-corrected chi connectivity index (χ4v) is 4.12. The Labute approximate surface area is 181 Å². The van der Waals surface area contributed by atoms with Gasteiger partial charge in [-0.1, -0.05) is 19.1 Å². The van der Waals surface area contributed by atoms with Gasteiger partial charge in [0.15, 0.2) is 9.84 Å². The molecule has 0 aliphatic rings. The molecule has 0 bridgehead atoms. The third-order valence-electron chi connectivity index (χ3n) is 4.25. The van der Waals surface area contributed by atoms with Crippen LogP contribution in [0.5, 0.6) is 5.75 Å². The standard InChI is InChI=1S/C20H25FN2O6S2/c1-2-30(25,26)14-13-29-18-7-9-19(10-8-18)31(27,28)23-12-11-22-20(24)15-16-3-5-17(21)6-4-16/h3-10,23H,2,11-15H2,1H3,(H,22,24). The highest BCUT2D eigenvalue weighted by atomic mass is 32.2. The Kier molecular flexibility index (Phi) is 8.96. The van der Waals surface area contributed by atoms with Gasteiger partial charge in [0.2, 0.25) is 15.9 Å². The van der Waals surface area contributed by atoms with Crippen LogP contribution in [0.25, 0.3) is 0 Å². The maximum absolute atomic E-state index is 12.9. The minimum absolute atomic E-state index is 0.00931. The molecule has 1 amide bonds. The Morgan fingerprint density at radius 2 is 1.61 bits per heavy atom. The SMILES string of the molecule is CCS(=O)(=O)CCOc1ccc(S(=O)(=O)NCCNC(=O)Cc2ccc(F)cc2)cc1. The van der Waals surface area contributed by atoms with E-state index in [1.807, 2.05) is 0 Å². The molecule has 8 nitrogen and oxygen atoms in total. The molecule has 0 aliphatic heterocycles. The van der Waals surface area contributed by atoms with E-state index in [2.05, 4.69) is 10.0 Å². The second-order valence-corrected chi connectivity index (χ2v) is 10.8. The molecule has 0 saturated heterocycles. The molecule has 31 heavy (non-hydrogen) atoms. The van der Waals surface area contributed by atoms with Crippen LogP contribution >= 0.6 is 0 Å². The van der Waals surface area contributed by atoms with Gasteiger partial charge < -0.3 is 10.1 Å². The number of rotatable bonds is 12. The molecular weight excluding hydrogens is 447 g/mol. The minimum Gasteiger partial charge on any atom is -0.493 e. The molecule has 0 heterocycles. The van der Waals surface area contributed by atoms with Crippen molar-refractivity contribution in [3.8, 4) is 5.75 Å². The van der Waals surface area contributed by atoms with Gasteiger partial charge in [0.05, 0.1) is 17.1 Å². The first kappa shape index (κ1) is 24.8. The first-order valence-electron chi connectivity index (χ1n) is 9.55. The number of halogens is 1. The molecule has 0 aromatic heterocycles. The van der Waals surface area contributed by atoms with Crippen LogP contribution in [0.15, 0.2) is 53.4 Å². The van der Waals surface area contributed by atoms with Crippen LogP contribution in [-0.4, -0.2) is 53.9 Å². The first-order valence-corrected chi connectivity index (χ1v) is 12.9. The maximum atomic E-state index is 12.9. The summed E-state index contributed by atoms with van der Waals surface area (Å²) in [4.78, 5) is 11.9. The average Bonchev–Trinajstić information content (AvgIpc) is 2.73. The minimum atomic E-state index is -3.78. The summed E-state index contributed by atoms with van der Waals surface area (Å²) in [6.45, 7) is 1.62. The molecule has 2 aromatic carbocycles. The van der Waals surface area contributed by atoms with Gasteiger partial charge in [0.25, 0.3) is 0 Å². The van der Waals surface area contributed by atoms with Crippen molar-refractivity contribution in [2.45, 2.75) is 18.2 Å². The lowest BCUT2D eigenvalue weighted by Gasteiger charge is -2.10. The zero-order valence-corrected chi connectivity index (χ0v) is 18.6. The highest BCUT2D eigenvalue weighted by molar-refractivity contribution is 7.91. The number of carbonyl (C=O) groups is 1. The van der Waals surface area contributed by atoms with Crippen molar-refractivity contribution >= 4 is 25.8 Å². The first-order chi connectivity index (χ1) is 14.6. The van der Waals surface area contributed by atoms with Gasteiger partial charge in [-0.2, -0.15) is 0 Å². The zero-order valence-electron chi connectivity index (χ0n) is 17.0. The van der Waals surface area contributed by atoms with Crippen molar-refractivity contribution in [1.82, 2.24) is 10.0 Å². The summed E-state index contributed by atoms with van der Waals surface area (Å²) in [5.74, 6) is -0.414. The van der Waals surface area contributed by atoms with Crippen LogP contribution in [0.4, 0.5) is 4.39 Å². The number of hydrogen-bond acceptors (Lipinski definition) is 6. The summed E-state index contributed by atoms with van der Waals surface area (Å²) in [7, 11) is -6.92. The Hall–Kier alpha value is -2.50. The fraction of sp³-hybridized carbons (Fsp3) is 0.350. The van der Waals surface area contributed by atoms with Crippen molar-refractivity contribution in [3.63, 3.8) is 0 Å². The van der Waals surface area contributed by atoms with Crippen LogP contribution < -0.4 is 14.8 Å². The number of nitrogens with one attached hydrogen (secondary N) is 2. The lowest BCUT2D eigenvalue weighted by atomic mass is 10.1. The van der Waals surface area contributed by atoms with Gasteiger partial charge in [0, 0.05) is 18.8 Å². The van der Waals surface area contributed by atoms with Crippen molar-refractivity contribution in [3.05, 3.63) is 59.9 Å². The van der Waals surface area contributed by atoms with E-state index in [1.54, 1.807) is 6.92 Å². The second kappa shape index (κ2) is 11.2. The van der Waals surface area contributed by atoms with Gasteiger partial charge in [-0.25, -0.2) is 25.9 Å². The third kappa shape index (κ3) is 8.64. The molecule has 2 N–H and O–H groups in total. The van der Waals surface area contributed by atoms with Crippen molar-refractivity contribution in [1.29, 1.82) is 0 Å². The van der Waals surface area contributed by atoms with Gasteiger partial charge in [0.1, 0.15) is 18.2 Å². The number of ether oxygens (including phenoxy) is 1. The monoisotopic (exact) mass is 472 g/mol. The molecule has 0 spiro atoms. The molecule has 2 aromatic rings. The highest BCUT2D eigenvalue weighted by Gasteiger charge is 2.14. The molecule has 2 rings (SSSR count). The van der Waals surface area contributed by atoms with Crippen molar-refractivity contribution in [2.24, 2.45) is 0 Å². The van der Waals surface area contributed by atoms with Crippen molar-refractivity contribution in [2.75, 3.05) is 31.2 Å². The van der Waals surface area contributed by atoms with Crippen LogP contribution in [0.1, 0.15) is 12.5 Å². The number of carbonyl (C=O) groups excluding carboxylic acids is 1. The molecule has 0 unspecified atom stereocenters. The number of sulfonamides is 1. The van der Waals surface area contributed by atoms with Crippen LogP contribution in [0.2, 0.25) is 0 Å². The summed E-state index contributed by atoms with van der Waals surface area (Å²) < 4.78 is 68.1. The molecule has 0 radical (unpaired) electrons. The Morgan fingerprint density at radius 1 is 0.968 bits per heavy atom. The van der Waals surface area contributed by atoms with E-state index in [0.29, 0.717) is 11.3 Å². The summed E-state index contributed by atoms with van der Waals surface area (Å²) >= 11 is 0. The normalized spacial score (nSPS) is 11.8. The molecule has 0 aliphatic carbocycles. The van der Waals surface area contributed by atoms with Crippen LogP contribution in [0, 0.1) is 5.82 Å². The Morgan fingerprint density at radius 3 is 2.23 bits per heavy atom. The lowest BCUT2D eigenvalue weighted by Crippen LogP contribution is -2.35. The molecular formula is C20H25FN2O6S2. The van der Waals surface area contributed by atoms with E-state index >= 15 is 0 Å². The quantitative estimate of drug-likeness (QED) is 0.449. The zero-order chi connectivity index (χ0) is 22.9. The topological polar surface area (TPSA) is 119 Å².